The predicted molar refractivity (Wildman–Crippen MR) is 150 cm³/mol. The van der Waals surface area contributed by atoms with Crippen LogP contribution in [0.15, 0.2) is 47.3 Å². The minimum atomic E-state index is -0.235. The highest BCUT2D eigenvalue weighted by atomic mass is 35.5. The third-order valence-corrected chi connectivity index (χ3v) is 7.96. The highest BCUT2D eigenvalue weighted by Crippen LogP contribution is 2.42. The summed E-state index contributed by atoms with van der Waals surface area (Å²) in [4.78, 5) is 33.7. The average molecular weight is 532 g/mol. The van der Waals surface area contributed by atoms with Gasteiger partial charge in [0.25, 0.3) is 5.56 Å². The molecule has 0 radical (unpaired) electrons. The quantitative estimate of drug-likeness (QED) is 0.465. The maximum atomic E-state index is 13.8. The molecule has 2 heterocycles. The molecule has 7 nitrogen and oxygen atoms in total. The molecule has 8 heteroatoms. The van der Waals surface area contributed by atoms with E-state index in [1.54, 1.807) is 12.1 Å². The lowest BCUT2D eigenvalue weighted by atomic mass is 9.71. The van der Waals surface area contributed by atoms with E-state index in [2.05, 4.69) is 22.4 Å². The fraction of sp³-hybridized carbons (Fsp3) is 0.467. The van der Waals surface area contributed by atoms with Crippen LogP contribution < -0.4 is 10.9 Å². The van der Waals surface area contributed by atoms with Gasteiger partial charge in [0.2, 0.25) is 5.91 Å². The maximum absolute atomic E-state index is 13.8. The second-order valence-corrected chi connectivity index (χ2v) is 11.5. The molecule has 1 amide bonds. The molecule has 0 spiro atoms. The summed E-state index contributed by atoms with van der Waals surface area (Å²) in [5.74, 6) is 1.38. The minimum absolute atomic E-state index is 0.0323. The van der Waals surface area contributed by atoms with E-state index in [9.17, 15) is 14.9 Å². The molecule has 1 aliphatic heterocycles. The molecule has 1 aromatic heterocycles. The van der Waals surface area contributed by atoms with Gasteiger partial charge in [-0.1, -0.05) is 29.8 Å². The summed E-state index contributed by atoms with van der Waals surface area (Å²) in [6.07, 6.45) is 4.28. The van der Waals surface area contributed by atoms with Gasteiger partial charge in [0.1, 0.15) is 12.4 Å². The van der Waals surface area contributed by atoms with E-state index >= 15 is 0 Å². The lowest BCUT2D eigenvalue weighted by Gasteiger charge is -2.40. The van der Waals surface area contributed by atoms with Crippen LogP contribution in [0.25, 0.3) is 22.3 Å². The van der Waals surface area contributed by atoms with Gasteiger partial charge in [-0.2, -0.15) is 5.26 Å². The minimum Gasteiger partial charge on any atom is -0.352 e. The van der Waals surface area contributed by atoms with E-state index in [-0.39, 0.29) is 30.0 Å². The van der Waals surface area contributed by atoms with Crippen LogP contribution in [0, 0.1) is 23.2 Å². The number of rotatable bonds is 7. The van der Waals surface area contributed by atoms with Crippen molar-refractivity contribution < 1.29 is 4.79 Å². The number of hydrogen-bond donors (Lipinski definition) is 1. The SMILES string of the molecule is CC(C)NC(=O)Cn1c(-c2cccc(Cl)c2)nc2ccc([C@H]3C[C@@H](CN4CCCC(C#N)C4)C3)cc2c1=O. The molecule has 5 rings (SSSR count). The molecule has 2 fully saturated rings. The van der Waals surface area contributed by atoms with Crippen molar-refractivity contribution in [3.8, 4) is 17.5 Å². The normalized spacial score (nSPS) is 21.7. The monoisotopic (exact) mass is 531 g/mol. The topological polar surface area (TPSA) is 91.0 Å². The third kappa shape index (κ3) is 5.77. The number of hydrogen-bond acceptors (Lipinski definition) is 5. The second-order valence-electron chi connectivity index (χ2n) is 11.1. The second kappa shape index (κ2) is 11.3. The van der Waals surface area contributed by atoms with Gasteiger partial charge in [0.05, 0.1) is 22.9 Å². The number of aromatic nitrogens is 2. The van der Waals surface area contributed by atoms with Crippen molar-refractivity contribution in [1.82, 2.24) is 19.8 Å². The predicted octanol–water partition coefficient (Wildman–Crippen LogP) is 4.97. The number of nitrogens with one attached hydrogen (secondary N) is 1. The Balaban J connectivity index is 1.40. The van der Waals surface area contributed by atoms with Crippen molar-refractivity contribution >= 4 is 28.4 Å². The van der Waals surface area contributed by atoms with Crippen LogP contribution in [0.2, 0.25) is 5.02 Å². The largest absolute Gasteiger partial charge is 0.352 e. The van der Waals surface area contributed by atoms with Gasteiger partial charge in [-0.25, -0.2) is 4.98 Å². The number of nitriles is 1. The molecule has 0 bridgehead atoms. The van der Waals surface area contributed by atoms with Crippen LogP contribution in [0.5, 0.6) is 0 Å². The first-order valence-electron chi connectivity index (χ1n) is 13.5. The van der Waals surface area contributed by atoms with Crippen molar-refractivity contribution in [1.29, 1.82) is 5.26 Å². The number of likely N-dealkylation sites (tertiary alicyclic amines) is 1. The van der Waals surface area contributed by atoms with Crippen LogP contribution >= 0.6 is 11.6 Å². The summed E-state index contributed by atoms with van der Waals surface area (Å²) in [6, 6.07) is 15.6. The Bertz CT molecular complexity index is 1440. The highest BCUT2D eigenvalue weighted by molar-refractivity contribution is 6.30. The van der Waals surface area contributed by atoms with Crippen LogP contribution in [-0.2, 0) is 11.3 Å². The Labute approximate surface area is 228 Å². The number of fused-ring (bicyclic) bond motifs is 1. The lowest BCUT2D eigenvalue weighted by Crippen LogP contribution is -2.41. The van der Waals surface area contributed by atoms with E-state index in [0.29, 0.717) is 39.1 Å². The number of nitrogens with zero attached hydrogens (tertiary/aromatic N) is 4. The molecule has 2 aromatic carbocycles. The van der Waals surface area contributed by atoms with Crippen LogP contribution in [0.3, 0.4) is 0 Å². The van der Waals surface area contributed by atoms with E-state index in [1.807, 2.05) is 38.1 Å². The fourth-order valence-corrected chi connectivity index (χ4v) is 6.04. The van der Waals surface area contributed by atoms with Crippen molar-refractivity contribution in [3.63, 3.8) is 0 Å². The molecule has 1 atom stereocenters. The summed E-state index contributed by atoms with van der Waals surface area (Å²) in [7, 11) is 0. The van der Waals surface area contributed by atoms with Gasteiger partial charge in [0, 0.05) is 29.7 Å². The number of carbonyl (C=O) groups excluding carboxylic acids is 1. The van der Waals surface area contributed by atoms with Gasteiger partial charge in [-0.3, -0.25) is 14.2 Å². The van der Waals surface area contributed by atoms with Gasteiger partial charge >= 0.3 is 0 Å². The van der Waals surface area contributed by atoms with E-state index in [0.717, 1.165) is 50.9 Å². The summed E-state index contributed by atoms with van der Waals surface area (Å²) in [5, 5.41) is 13.2. The number of amides is 1. The van der Waals surface area contributed by atoms with E-state index < -0.39 is 0 Å². The summed E-state index contributed by atoms with van der Waals surface area (Å²) >= 11 is 6.23. The Morgan fingerprint density at radius 2 is 2.05 bits per heavy atom. The van der Waals surface area contributed by atoms with Gasteiger partial charge in [0.15, 0.2) is 0 Å². The molecule has 1 saturated heterocycles. The van der Waals surface area contributed by atoms with Crippen LogP contribution in [0.4, 0.5) is 0 Å². The van der Waals surface area contributed by atoms with Gasteiger partial charge in [-0.15, -0.1) is 0 Å². The third-order valence-electron chi connectivity index (χ3n) is 7.72. The number of carbonyl (C=O) groups is 1. The summed E-state index contributed by atoms with van der Waals surface area (Å²) in [6.45, 7) is 6.69. The zero-order chi connectivity index (χ0) is 26.8. The molecule has 1 saturated carbocycles. The van der Waals surface area contributed by atoms with E-state index in [4.69, 9.17) is 16.6 Å². The van der Waals surface area contributed by atoms with Crippen molar-refractivity contribution in [2.24, 2.45) is 11.8 Å². The van der Waals surface area contributed by atoms with E-state index in [1.165, 1.54) is 4.57 Å². The molecule has 2 aliphatic rings. The smallest absolute Gasteiger partial charge is 0.262 e. The Kier molecular flexibility index (Phi) is 7.83. The molecule has 38 heavy (non-hydrogen) atoms. The van der Waals surface area contributed by atoms with Gasteiger partial charge < -0.3 is 10.2 Å². The molecule has 198 valence electrons. The molecular weight excluding hydrogens is 498 g/mol. The molecule has 1 aliphatic carbocycles. The Morgan fingerprint density at radius 1 is 1.24 bits per heavy atom. The lowest BCUT2D eigenvalue weighted by molar-refractivity contribution is -0.122. The van der Waals surface area contributed by atoms with Crippen molar-refractivity contribution in [3.05, 3.63) is 63.4 Å². The van der Waals surface area contributed by atoms with Crippen LogP contribution in [0.1, 0.15) is 51.0 Å². The Morgan fingerprint density at radius 3 is 2.79 bits per heavy atom. The fourth-order valence-electron chi connectivity index (χ4n) is 5.85. The first-order valence-corrected chi connectivity index (χ1v) is 13.9. The van der Waals surface area contributed by atoms with Crippen molar-refractivity contribution in [2.45, 2.75) is 58.0 Å². The molecule has 1 N–H and O–H groups in total. The number of halogens is 1. The summed E-state index contributed by atoms with van der Waals surface area (Å²) in [5.41, 5.74) is 2.23. The van der Waals surface area contributed by atoms with Crippen molar-refractivity contribution in [2.75, 3.05) is 19.6 Å². The molecule has 1 unspecified atom stereocenters. The van der Waals surface area contributed by atoms with Crippen LogP contribution in [-0.4, -0.2) is 46.0 Å². The maximum Gasteiger partial charge on any atom is 0.262 e. The summed E-state index contributed by atoms with van der Waals surface area (Å²) < 4.78 is 1.46. The Hall–Kier alpha value is -3.21. The number of benzene rings is 2. The highest BCUT2D eigenvalue weighted by Gasteiger charge is 2.33. The zero-order valence-corrected chi connectivity index (χ0v) is 22.7. The van der Waals surface area contributed by atoms with Gasteiger partial charge in [-0.05, 0) is 87.7 Å². The standard InChI is InChI=1S/C30H34ClN5O2/c1-19(2)33-28(37)18-36-29(23-6-3-7-25(31)13-23)34-27-9-8-22(14-26(27)30(36)38)24-11-21(12-24)17-35-10-4-5-20(15-32)16-35/h3,6-9,13-14,19-21,24H,4-5,10-12,16-18H2,1-2H3,(H,33,37)/t20?,21-,24+. The first-order chi connectivity index (χ1) is 18.3. The molecular formula is C30H34ClN5O2. The zero-order valence-electron chi connectivity index (χ0n) is 22.0. The number of piperidine rings is 1. The average Bonchev–Trinajstić information content (AvgIpc) is 2.87. The molecule has 3 aromatic rings. The first kappa shape index (κ1) is 26.4.